The molecule has 0 saturated heterocycles. The first-order chi connectivity index (χ1) is 17.7. The van der Waals surface area contributed by atoms with E-state index in [0.29, 0.717) is 22.6 Å². The summed E-state index contributed by atoms with van der Waals surface area (Å²) >= 11 is 0. The first-order valence-electron chi connectivity index (χ1n) is 11.6. The van der Waals surface area contributed by atoms with Crippen LogP contribution in [0.15, 0.2) is 111 Å². The fourth-order valence-electron chi connectivity index (χ4n) is 4.37. The van der Waals surface area contributed by atoms with Gasteiger partial charge in [0.2, 0.25) is 12.3 Å². The average molecular weight is 494 g/mol. The topological polar surface area (TPSA) is 61.0 Å². The maximum absolute atomic E-state index is 13.1. The highest BCUT2D eigenvalue weighted by molar-refractivity contribution is 7.85. The Balaban J connectivity index is 1.62. The second kappa shape index (κ2) is 9.47. The molecule has 6 rings (SSSR count). The summed E-state index contributed by atoms with van der Waals surface area (Å²) in [6.45, 7) is 2.18. The Hall–Kier alpha value is -4.16. The van der Waals surface area contributed by atoms with E-state index in [9.17, 15) is 4.21 Å². The van der Waals surface area contributed by atoms with E-state index in [1.54, 1.807) is 0 Å². The van der Waals surface area contributed by atoms with Gasteiger partial charge in [-0.2, -0.15) is 0 Å². The van der Waals surface area contributed by atoms with Gasteiger partial charge in [-0.1, -0.05) is 78.4 Å². The Morgan fingerprint density at radius 3 is 2.06 bits per heavy atom. The van der Waals surface area contributed by atoms with E-state index in [1.165, 1.54) is 0 Å². The standard InChI is InChI=1S/C30H23NO4S/c1-20-12-14-23(15-13-20)36(32)18-31-30-29(22-10-6-3-7-11-22)28(21-8-4-2-5-9-21)24-16-26-27(34-19-33-26)17-25(24)35-30/h2-17H,18-19H2,1H3. The summed E-state index contributed by atoms with van der Waals surface area (Å²) in [5.41, 5.74) is 5.96. The molecule has 0 saturated carbocycles. The van der Waals surface area contributed by atoms with Crippen molar-refractivity contribution >= 4 is 21.8 Å². The molecule has 0 radical (unpaired) electrons. The zero-order valence-corrected chi connectivity index (χ0v) is 20.5. The van der Waals surface area contributed by atoms with Crippen LogP contribution in [0, 0.1) is 6.92 Å². The van der Waals surface area contributed by atoms with E-state index in [0.717, 1.165) is 38.1 Å². The van der Waals surface area contributed by atoms with Gasteiger partial charge in [0.25, 0.3) is 0 Å². The summed E-state index contributed by atoms with van der Waals surface area (Å²) in [6, 6.07) is 31.7. The lowest BCUT2D eigenvalue weighted by Crippen LogP contribution is -2.11. The predicted molar refractivity (Wildman–Crippen MR) is 141 cm³/mol. The van der Waals surface area contributed by atoms with Crippen molar-refractivity contribution in [1.29, 1.82) is 0 Å². The lowest BCUT2D eigenvalue weighted by atomic mass is 9.93. The monoisotopic (exact) mass is 493 g/mol. The Kier molecular flexibility index (Phi) is 5.87. The van der Waals surface area contributed by atoms with Crippen LogP contribution in [-0.2, 0) is 10.8 Å². The SMILES string of the molecule is Cc1ccc(S(=O)CN=c2oc3cc4c(cc3c(-c3ccccc3)c2-c2ccccc2)OCO4)cc1. The number of hydrogen-bond donors (Lipinski definition) is 0. The van der Waals surface area contributed by atoms with E-state index < -0.39 is 10.8 Å². The van der Waals surface area contributed by atoms with Crippen molar-refractivity contribution in [2.24, 2.45) is 4.99 Å². The first kappa shape index (κ1) is 22.3. The normalized spacial score (nSPS) is 13.8. The Bertz CT molecular complexity index is 1640. The molecule has 1 aliphatic heterocycles. The molecular formula is C30H23NO4S. The predicted octanol–water partition coefficient (Wildman–Crippen LogP) is 6.47. The maximum atomic E-state index is 13.1. The summed E-state index contributed by atoms with van der Waals surface area (Å²) in [7, 11) is -1.31. The molecule has 0 bridgehead atoms. The summed E-state index contributed by atoms with van der Waals surface area (Å²) in [6.07, 6.45) is 0. The van der Waals surface area contributed by atoms with Crippen molar-refractivity contribution in [3.8, 4) is 33.8 Å². The molecule has 0 amide bonds. The molecule has 2 heterocycles. The van der Waals surface area contributed by atoms with Gasteiger partial charge in [-0.3, -0.25) is 4.21 Å². The zero-order valence-electron chi connectivity index (χ0n) is 19.6. The fourth-order valence-corrected chi connectivity index (χ4v) is 5.19. The smallest absolute Gasteiger partial charge is 0.231 e. The molecule has 0 spiro atoms. The highest BCUT2D eigenvalue weighted by atomic mass is 32.2. The number of ether oxygens (including phenoxy) is 2. The van der Waals surface area contributed by atoms with Gasteiger partial charge in [-0.05, 0) is 36.2 Å². The van der Waals surface area contributed by atoms with Crippen molar-refractivity contribution in [3.63, 3.8) is 0 Å². The fraction of sp³-hybridized carbons (Fsp3) is 0.100. The second-order valence-electron chi connectivity index (χ2n) is 8.54. The van der Waals surface area contributed by atoms with Gasteiger partial charge in [-0.15, -0.1) is 0 Å². The van der Waals surface area contributed by atoms with Crippen LogP contribution >= 0.6 is 0 Å². The Labute approximate surface area is 211 Å². The van der Waals surface area contributed by atoms with Crippen molar-refractivity contribution in [1.82, 2.24) is 0 Å². The van der Waals surface area contributed by atoms with Gasteiger partial charge < -0.3 is 13.9 Å². The number of hydrogen-bond acceptors (Lipinski definition) is 5. The molecule has 5 nitrogen and oxygen atoms in total. The van der Waals surface area contributed by atoms with Crippen LogP contribution in [0.4, 0.5) is 0 Å². The second-order valence-corrected chi connectivity index (χ2v) is 9.96. The summed E-state index contributed by atoms with van der Waals surface area (Å²) in [5.74, 6) is 1.39. The first-order valence-corrected chi connectivity index (χ1v) is 13.0. The zero-order chi connectivity index (χ0) is 24.5. The van der Waals surface area contributed by atoms with Gasteiger partial charge in [0.1, 0.15) is 11.5 Å². The number of nitrogens with zero attached hydrogens (tertiary/aromatic N) is 1. The van der Waals surface area contributed by atoms with Crippen LogP contribution in [0.25, 0.3) is 33.2 Å². The van der Waals surface area contributed by atoms with Gasteiger partial charge >= 0.3 is 0 Å². The molecule has 6 heteroatoms. The molecule has 0 fully saturated rings. The van der Waals surface area contributed by atoms with E-state index >= 15 is 0 Å². The van der Waals surface area contributed by atoms with Crippen LogP contribution in [0.2, 0.25) is 0 Å². The number of rotatable bonds is 5. The third kappa shape index (κ3) is 4.20. The summed E-state index contributed by atoms with van der Waals surface area (Å²) < 4.78 is 30.8. The van der Waals surface area contributed by atoms with Crippen LogP contribution in [0.3, 0.4) is 0 Å². The largest absolute Gasteiger partial charge is 0.454 e. The van der Waals surface area contributed by atoms with Gasteiger partial charge in [0, 0.05) is 21.9 Å². The quantitative estimate of drug-likeness (QED) is 0.282. The number of benzene rings is 4. The van der Waals surface area contributed by atoms with Gasteiger partial charge in [-0.25, -0.2) is 4.99 Å². The van der Waals surface area contributed by atoms with Crippen LogP contribution in [0.5, 0.6) is 11.5 Å². The Morgan fingerprint density at radius 2 is 1.39 bits per heavy atom. The average Bonchev–Trinajstić information content (AvgIpc) is 3.38. The summed E-state index contributed by atoms with van der Waals surface area (Å²) in [4.78, 5) is 5.51. The molecule has 1 unspecified atom stereocenters. The van der Waals surface area contributed by atoms with Gasteiger partial charge in [0.15, 0.2) is 11.5 Å². The van der Waals surface area contributed by atoms with Crippen molar-refractivity contribution < 1.29 is 18.1 Å². The molecule has 4 aromatic carbocycles. The highest BCUT2D eigenvalue weighted by Crippen LogP contribution is 2.42. The molecule has 0 N–H and O–H groups in total. The van der Waals surface area contributed by atoms with Crippen LogP contribution in [-0.4, -0.2) is 16.9 Å². The lowest BCUT2D eigenvalue weighted by Gasteiger charge is -2.14. The van der Waals surface area contributed by atoms with Crippen LogP contribution < -0.4 is 15.0 Å². The minimum Gasteiger partial charge on any atom is -0.454 e. The van der Waals surface area contributed by atoms with E-state index in [4.69, 9.17) is 18.9 Å². The molecule has 1 atom stereocenters. The van der Waals surface area contributed by atoms with E-state index in [1.807, 2.05) is 91.9 Å². The van der Waals surface area contributed by atoms with E-state index in [2.05, 4.69) is 12.1 Å². The molecule has 178 valence electrons. The molecule has 0 aliphatic carbocycles. The van der Waals surface area contributed by atoms with Crippen LogP contribution in [0.1, 0.15) is 5.56 Å². The van der Waals surface area contributed by atoms with Crippen molar-refractivity contribution in [3.05, 3.63) is 108 Å². The van der Waals surface area contributed by atoms with Crippen molar-refractivity contribution in [2.75, 3.05) is 12.7 Å². The van der Waals surface area contributed by atoms with Crippen molar-refractivity contribution in [2.45, 2.75) is 11.8 Å². The minimum absolute atomic E-state index is 0.0800. The molecule has 1 aromatic heterocycles. The lowest BCUT2D eigenvalue weighted by molar-refractivity contribution is 0.174. The number of fused-ring (bicyclic) bond motifs is 2. The van der Waals surface area contributed by atoms with Gasteiger partial charge in [0.05, 0.1) is 16.4 Å². The molecular weight excluding hydrogens is 470 g/mol. The third-order valence-electron chi connectivity index (χ3n) is 6.15. The Morgan fingerprint density at radius 1 is 0.778 bits per heavy atom. The third-order valence-corrected chi connectivity index (χ3v) is 7.31. The highest BCUT2D eigenvalue weighted by Gasteiger charge is 2.22. The maximum Gasteiger partial charge on any atom is 0.231 e. The number of aryl methyl sites for hydroxylation is 1. The molecule has 36 heavy (non-hydrogen) atoms. The minimum atomic E-state index is -1.31. The summed E-state index contributed by atoms with van der Waals surface area (Å²) in [5, 5.41) is 0.892. The van der Waals surface area contributed by atoms with E-state index in [-0.39, 0.29) is 12.7 Å². The molecule has 1 aliphatic rings. The molecule has 5 aromatic rings.